The van der Waals surface area contributed by atoms with Crippen molar-refractivity contribution >= 4 is 34.3 Å². The van der Waals surface area contributed by atoms with Crippen molar-refractivity contribution in [2.24, 2.45) is 4.99 Å². The third kappa shape index (κ3) is 6.41. The molecular formula is C22H25NS2. The first-order chi connectivity index (χ1) is 12.3. The van der Waals surface area contributed by atoms with Gasteiger partial charge in [0, 0.05) is 10.1 Å². The molecule has 2 aromatic rings. The summed E-state index contributed by atoms with van der Waals surface area (Å²) in [7, 11) is 0. The van der Waals surface area contributed by atoms with Gasteiger partial charge in [-0.3, -0.25) is 0 Å². The Morgan fingerprint density at radius 2 is 1.56 bits per heavy atom. The van der Waals surface area contributed by atoms with E-state index >= 15 is 0 Å². The van der Waals surface area contributed by atoms with Gasteiger partial charge in [-0.15, -0.1) is 11.8 Å². The van der Waals surface area contributed by atoms with Crippen LogP contribution in [0, 0.1) is 0 Å². The molecular weight excluding hydrogens is 342 g/mol. The van der Waals surface area contributed by atoms with Gasteiger partial charge in [0.1, 0.15) is 0 Å². The Kier molecular flexibility index (Phi) is 7.25. The van der Waals surface area contributed by atoms with Crippen molar-refractivity contribution in [1.29, 1.82) is 0 Å². The maximum absolute atomic E-state index is 4.92. The Morgan fingerprint density at radius 3 is 2.24 bits per heavy atom. The minimum absolute atomic E-state index is 0.710. The van der Waals surface area contributed by atoms with Gasteiger partial charge in [0.15, 0.2) is 0 Å². The third-order valence-corrected chi connectivity index (χ3v) is 6.39. The van der Waals surface area contributed by atoms with Crippen LogP contribution in [0.1, 0.15) is 39.0 Å². The van der Waals surface area contributed by atoms with Crippen LogP contribution in [0.3, 0.4) is 0 Å². The summed E-state index contributed by atoms with van der Waals surface area (Å²) in [6.07, 6.45) is 8.99. The predicted octanol–water partition coefficient (Wildman–Crippen LogP) is 7.48. The van der Waals surface area contributed by atoms with E-state index in [0.29, 0.717) is 5.25 Å². The molecule has 0 spiro atoms. The van der Waals surface area contributed by atoms with E-state index < -0.39 is 0 Å². The molecule has 0 N–H and O–H groups in total. The van der Waals surface area contributed by atoms with Gasteiger partial charge in [0.2, 0.25) is 0 Å². The van der Waals surface area contributed by atoms with Gasteiger partial charge < -0.3 is 0 Å². The molecule has 3 heteroatoms. The highest BCUT2D eigenvalue weighted by atomic mass is 32.2. The molecule has 0 amide bonds. The molecule has 0 unspecified atom stereocenters. The molecule has 130 valence electrons. The van der Waals surface area contributed by atoms with Crippen molar-refractivity contribution in [2.45, 2.75) is 49.2 Å². The number of hydrogen-bond acceptors (Lipinski definition) is 3. The Morgan fingerprint density at radius 1 is 0.920 bits per heavy atom. The first-order valence-electron chi connectivity index (χ1n) is 9.01. The maximum atomic E-state index is 4.92. The normalized spacial score (nSPS) is 16.8. The molecule has 1 aliphatic rings. The van der Waals surface area contributed by atoms with Gasteiger partial charge in [-0.1, -0.05) is 67.4 Å². The summed E-state index contributed by atoms with van der Waals surface area (Å²) in [5, 5.41) is 1.85. The molecule has 0 heterocycles. The number of para-hydroxylation sites is 1. The van der Waals surface area contributed by atoms with Crippen molar-refractivity contribution in [3.8, 4) is 0 Å². The summed E-state index contributed by atoms with van der Waals surface area (Å²) in [5.41, 5.74) is 1.04. The summed E-state index contributed by atoms with van der Waals surface area (Å²) in [4.78, 5) is 7.48. The number of rotatable bonds is 5. The molecule has 3 rings (SSSR count). The monoisotopic (exact) mass is 367 g/mol. The lowest BCUT2D eigenvalue weighted by molar-refractivity contribution is 0.517. The average Bonchev–Trinajstić information content (AvgIpc) is 2.64. The van der Waals surface area contributed by atoms with E-state index in [4.69, 9.17) is 4.99 Å². The molecule has 0 aromatic heterocycles. The maximum Gasteiger partial charge on any atom is 0.0977 e. The number of hydrogen-bond donors (Lipinski definition) is 0. The van der Waals surface area contributed by atoms with Crippen molar-refractivity contribution in [3.05, 3.63) is 71.6 Å². The summed E-state index contributed by atoms with van der Waals surface area (Å²) < 4.78 is 0. The minimum atomic E-state index is 0.710. The highest BCUT2D eigenvalue weighted by molar-refractivity contribution is 8.15. The second-order valence-corrected chi connectivity index (χ2v) is 8.97. The number of benzene rings is 2. The second kappa shape index (κ2) is 9.88. The Hall–Kier alpha value is -1.45. The summed E-state index contributed by atoms with van der Waals surface area (Å²) in [5.74, 6) is 0. The van der Waals surface area contributed by atoms with Gasteiger partial charge in [0.25, 0.3) is 0 Å². The lowest BCUT2D eigenvalue weighted by Gasteiger charge is -2.21. The van der Waals surface area contributed by atoms with E-state index in [1.807, 2.05) is 29.6 Å². The van der Waals surface area contributed by atoms with Gasteiger partial charge in [-0.2, -0.15) is 0 Å². The summed E-state index contributed by atoms with van der Waals surface area (Å²) in [6, 6.07) is 20.9. The molecule has 1 saturated carbocycles. The Labute approximate surface area is 160 Å². The Balaban J connectivity index is 1.77. The summed E-state index contributed by atoms with van der Waals surface area (Å²) in [6.45, 7) is 2.18. The van der Waals surface area contributed by atoms with Crippen LogP contribution in [0.15, 0.2) is 81.5 Å². The van der Waals surface area contributed by atoms with Gasteiger partial charge >= 0.3 is 0 Å². The number of aliphatic imine (C=N–C) groups is 1. The van der Waals surface area contributed by atoms with Crippen LogP contribution in [0.2, 0.25) is 0 Å². The molecule has 25 heavy (non-hydrogen) atoms. The lowest BCUT2D eigenvalue weighted by atomic mass is 10.0. The minimum Gasteiger partial charge on any atom is -0.242 e. The van der Waals surface area contributed by atoms with Crippen LogP contribution < -0.4 is 0 Å². The fourth-order valence-corrected chi connectivity index (χ4v) is 5.18. The first kappa shape index (κ1) is 18.3. The fourth-order valence-electron chi connectivity index (χ4n) is 2.95. The fraction of sp³-hybridized carbons (Fsp3) is 0.318. The van der Waals surface area contributed by atoms with E-state index in [0.717, 1.165) is 10.7 Å². The van der Waals surface area contributed by atoms with E-state index in [1.165, 1.54) is 41.9 Å². The molecule has 1 aliphatic carbocycles. The van der Waals surface area contributed by atoms with Crippen LogP contribution in [0.4, 0.5) is 5.69 Å². The van der Waals surface area contributed by atoms with Crippen LogP contribution >= 0.6 is 23.5 Å². The smallest absolute Gasteiger partial charge is 0.0977 e. The highest BCUT2D eigenvalue weighted by Gasteiger charge is 2.16. The van der Waals surface area contributed by atoms with Crippen molar-refractivity contribution in [3.63, 3.8) is 0 Å². The topological polar surface area (TPSA) is 12.4 Å². The highest BCUT2D eigenvalue weighted by Crippen LogP contribution is 2.33. The van der Waals surface area contributed by atoms with E-state index in [-0.39, 0.29) is 0 Å². The van der Waals surface area contributed by atoms with Gasteiger partial charge in [-0.05, 0) is 55.0 Å². The van der Waals surface area contributed by atoms with Gasteiger partial charge in [0.05, 0.1) is 10.7 Å². The summed E-state index contributed by atoms with van der Waals surface area (Å²) >= 11 is 3.77. The molecule has 0 atom stereocenters. The molecule has 1 nitrogen and oxygen atoms in total. The number of nitrogens with zero attached hydrogens (tertiary/aromatic N) is 1. The molecule has 2 aromatic carbocycles. The Bertz CT molecular complexity index is 701. The van der Waals surface area contributed by atoms with Crippen molar-refractivity contribution in [2.75, 3.05) is 0 Å². The van der Waals surface area contributed by atoms with E-state index in [1.54, 1.807) is 0 Å². The molecule has 0 radical (unpaired) electrons. The molecule has 0 aliphatic heterocycles. The zero-order valence-corrected chi connectivity index (χ0v) is 16.4. The zero-order valence-electron chi connectivity index (χ0n) is 14.7. The molecule has 0 bridgehead atoms. The van der Waals surface area contributed by atoms with E-state index in [9.17, 15) is 0 Å². The van der Waals surface area contributed by atoms with Crippen LogP contribution in [-0.2, 0) is 0 Å². The van der Waals surface area contributed by atoms with Crippen LogP contribution in [0.25, 0.3) is 0 Å². The lowest BCUT2D eigenvalue weighted by Crippen LogP contribution is -2.10. The SMILES string of the molecule is C/C(=C/C(=Nc1ccccc1)SC1CCCCC1)Sc1ccccc1. The predicted molar refractivity (Wildman–Crippen MR) is 114 cm³/mol. The third-order valence-electron chi connectivity index (χ3n) is 4.18. The standard InChI is InChI=1S/C22H25NS2/c1-18(24-20-13-7-3-8-14-20)17-22(23-19-11-5-2-6-12-19)25-21-15-9-4-10-16-21/h2-3,5-8,11-14,17,21H,4,9-10,15-16H2,1H3/b18-17-,23-22?. The van der Waals surface area contributed by atoms with Gasteiger partial charge in [-0.25, -0.2) is 4.99 Å². The average molecular weight is 368 g/mol. The number of allylic oxidation sites excluding steroid dienone is 1. The number of thioether (sulfide) groups is 2. The molecule has 0 saturated heterocycles. The van der Waals surface area contributed by atoms with E-state index in [2.05, 4.69) is 67.6 Å². The zero-order chi connectivity index (χ0) is 17.3. The largest absolute Gasteiger partial charge is 0.242 e. The first-order valence-corrected chi connectivity index (χ1v) is 10.7. The molecule has 1 fully saturated rings. The second-order valence-electron chi connectivity index (χ2n) is 6.33. The quantitative estimate of drug-likeness (QED) is 0.308. The van der Waals surface area contributed by atoms with Crippen LogP contribution in [-0.4, -0.2) is 10.3 Å². The van der Waals surface area contributed by atoms with Crippen LogP contribution in [0.5, 0.6) is 0 Å². The van der Waals surface area contributed by atoms with Crippen molar-refractivity contribution in [1.82, 2.24) is 0 Å². The van der Waals surface area contributed by atoms with Crippen molar-refractivity contribution < 1.29 is 0 Å².